The molecule has 0 saturated heterocycles. The standard InChI is InChI=1S/C9H13N3O3S2/c1-16-3-2-10-9(15)11-4-7-12-6(5-17-7)8(13)14/h5H,2-4H2,1H3,(H,13,14)(H2,10,11,15). The minimum absolute atomic E-state index is 0.00888. The predicted octanol–water partition coefficient (Wildman–Crippen LogP) is 1.00. The van der Waals surface area contributed by atoms with E-state index in [4.69, 9.17) is 5.11 Å². The third-order valence-corrected chi connectivity index (χ3v) is 3.22. The SMILES string of the molecule is CSCCNC(=O)NCc1nc(C(=O)O)cs1. The lowest BCUT2D eigenvalue weighted by Gasteiger charge is -2.04. The van der Waals surface area contributed by atoms with E-state index < -0.39 is 5.97 Å². The molecule has 2 amide bonds. The highest BCUT2D eigenvalue weighted by Gasteiger charge is 2.09. The molecule has 3 N–H and O–H groups in total. The number of carbonyl (C=O) groups is 2. The van der Waals surface area contributed by atoms with Gasteiger partial charge in [0.25, 0.3) is 0 Å². The predicted molar refractivity (Wildman–Crippen MR) is 67.7 cm³/mol. The fourth-order valence-electron chi connectivity index (χ4n) is 0.975. The van der Waals surface area contributed by atoms with E-state index >= 15 is 0 Å². The van der Waals surface area contributed by atoms with Crippen LogP contribution in [-0.2, 0) is 6.54 Å². The lowest BCUT2D eigenvalue weighted by molar-refractivity contribution is 0.0691. The van der Waals surface area contributed by atoms with Crippen molar-refractivity contribution in [3.05, 3.63) is 16.1 Å². The van der Waals surface area contributed by atoms with Gasteiger partial charge >= 0.3 is 12.0 Å². The summed E-state index contributed by atoms with van der Waals surface area (Å²) in [5.41, 5.74) is 0.00888. The number of aromatic carboxylic acids is 1. The number of carboxylic acids is 1. The summed E-state index contributed by atoms with van der Waals surface area (Å²) in [5, 5.41) is 16.0. The van der Waals surface area contributed by atoms with Crippen LogP contribution in [0.25, 0.3) is 0 Å². The molecule has 0 aliphatic heterocycles. The smallest absolute Gasteiger partial charge is 0.355 e. The topological polar surface area (TPSA) is 91.3 Å². The van der Waals surface area contributed by atoms with E-state index in [2.05, 4.69) is 15.6 Å². The van der Waals surface area contributed by atoms with Crippen molar-refractivity contribution in [3.63, 3.8) is 0 Å². The fraction of sp³-hybridized carbons (Fsp3) is 0.444. The van der Waals surface area contributed by atoms with Gasteiger partial charge in [-0.25, -0.2) is 14.6 Å². The van der Waals surface area contributed by atoms with E-state index in [1.54, 1.807) is 11.8 Å². The first-order valence-electron chi connectivity index (χ1n) is 4.82. The Morgan fingerprint density at radius 3 is 2.88 bits per heavy atom. The summed E-state index contributed by atoms with van der Waals surface area (Å²) in [6.07, 6.45) is 1.96. The van der Waals surface area contributed by atoms with Crippen molar-refractivity contribution in [2.24, 2.45) is 0 Å². The Morgan fingerprint density at radius 2 is 2.29 bits per heavy atom. The molecule has 0 fully saturated rings. The summed E-state index contributed by atoms with van der Waals surface area (Å²) >= 11 is 2.86. The normalized spacial score (nSPS) is 9.94. The van der Waals surface area contributed by atoms with Crippen LogP contribution in [0.1, 0.15) is 15.5 Å². The van der Waals surface area contributed by atoms with Gasteiger partial charge in [-0.15, -0.1) is 11.3 Å². The summed E-state index contributed by atoms with van der Waals surface area (Å²) in [4.78, 5) is 25.7. The number of carbonyl (C=O) groups excluding carboxylic acids is 1. The van der Waals surface area contributed by atoms with Gasteiger partial charge in [-0.1, -0.05) is 0 Å². The van der Waals surface area contributed by atoms with E-state index in [0.29, 0.717) is 11.6 Å². The molecule has 0 saturated carbocycles. The summed E-state index contributed by atoms with van der Waals surface area (Å²) in [6.45, 7) is 0.842. The second kappa shape index (κ2) is 7.13. The third kappa shape index (κ3) is 5.05. The Labute approximate surface area is 107 Å². The second-order valence-corrected chi connectivity index (χ2v) is 4.96. The summed E-state index contributed by atoms with van der Waals surface area (Å²) in [7, 11) is 0. The van der Waals surface area contributed by atoms with E-state index in [-0.39, 0.29) is 18.3 Å². The van der Waals surface area contributed by atoms with Gasteiger partial charge in [0.1, 0.15) is 5.01 Å². The minimum Gasteiger partial charge on any atom is -0.476 e. The van der Waals surface area contributed by atoms with Crippen LogP contribution in [0.3, 0.4) is 0 Å². The maximum absolute atomic E-state index is 11.3. The number of nitrogens with one attached hydrogen (secondary N) is 2. The van der Waals surface area contributed by atoms with Crippen molar-refractivity contribution < 1.29 is 14.7 Å². The van der Waals surface area contributed by atoms with Gasteiger partial charge < -0.3 is 15.7 Å². The molecular weight excluding hydrogens is 262 g/mol. The monoisotopic (exact) mass is 275 g/mol. The van der Waals surface area contributed by atoms with Gasteiger partial charge in [-0.05, 0) is 6.26 Å². The zero-order valence-electron chi connectivity index (χ0n) is 9.23. The largest absolute Gasteiger partial charge is 0.476 e. The Morgan fingerprint density at radius 1 is 1.53 bits per heavy atom. The molecule has 0 aliphatic rings. The number of urea groups is 1. The Bertz CT molecular complexity index is 395. The van der Waals surface area contributed by atoms with Crippen molar-refractivity contribution in [1.29, 1.82) is 0 Å². The van der Waals surface area contributed by atoms with Crippen LogP contribution in [0.2, 0.25) is 0 Å². The number of hydrogen-bond acceptors (Lipinski definition) is 5. The number of amides is 2. The van der Waals surface area contributed by atoms with Gasteiger partial charge in [0, 0.05) is 17.7 Å². The van der Waals surface area contributed by atoms with Gasteiger partial charge in [0.15, 0.2) is 5.69 Å². The van der Waals surface area contributed by atoms with Crippen LogP contribution in [0.15, 0.2) is 5.38 Å². The summed E-state index contributed by atoms with van der Waals surface area (Å²) in [6, 6.07) is -0.272. The van der Waals surface area contributed by atoms with Crippen molar-refractivity contribution in [1.82, 2.24) is 15.6 Å². The molecule has 0 unspecified atom stereocenters. The quantitative estimate of drug-likeness (QED) is 0.674. The zero-order chi connectivity index (χ0) is 12.7. The summed E-state index contributed by atoms with van der Waals surface area (Å²) in [5.74, 6) is -0.203. The number of thiazole rings is 1. The minimum atomic E-state index is -1.06. The number of hydrogen-bond donors (Lipinski definition) is 3. The molecule has 0 bridgehead atoms. The van der Waals surface area contributed by atoms with Crippen LogP contribution in [0.5, 0.6) is 0 Å². The summed E-state index contributed by atoms with van der Waals surface area (Å²) < 4.78 is 0. The second-order valence-electron chi connectivity index (χ2n) is 3.03. The van der Waals surface area contributed by atoms with Gasteiger partial charge in [0.05, 0.1) is 6.54 Å². The van der Waals surface area contributed by atoms with Gasteiger partial charge in [-0.2, -0.15) is 11.8 Å². The van der Waals surface area contributed by atoms with Crippen LogP contribution < -0.4 is 10.6 Å². The molecule has 94 valence electrons. The molecule has 0 atom stereocenters. The molecular formula is C9H13N3O3S2. The molecule has 1 aromatic heterocycles. The van der Waals surface area contributed by atoms with Crippen molar-refractivity contribution in [3.8, 4) is 0 Å². The highest BCUT2D eigenvalue weighted by atomic mass is 32.2. The molecule has 6 nitrogen and oxygen atoms in total. The number of rotatable bonds is 6. The molecule has 0 spiro atoms. The van der Waals surface area contributed by atoms with E-state index in [1.807, 2.05) is 6.26 Å². The van der Waals surface area contributed by atoms with Crippen LogP contribution in [-0.4, -0.2) is 40.6 Å². The van der Waals surface area contributed by atoms with Crippen LogP contribution >= 0.6 is 23.1 Å². The average molecular weight is 275 g/mol. The zero-order valence-corrected chi connectivity index (χ0v) is 10.9. The highest BCUT2D eigenvalue weighted by Crippen LogP contribution is 2.09. The molecule has 1 aromatic rings. The van der Waals surface area contributed by atoms with Crippen molar-refractivity contribution >= 4 is 35.1 Å². The first kappa shape index (κ1) is 13.8. The highest BCUT2D eigenvalue weighted by molar-refractivity contribution is 7.98. The van der Waals surface area contributed by atoms with E-state index in [1.165, 1.54) is 16.7 Å². The van der Waals surface area contributed by atoms with Crippen molar-refractivity contribution in [2.75, 3.05) is 18.6 Å². The van der Waals surface area contributed by atoms with Gasteiger partial charge in [0.2, 0.25) is 0 Å². The number of thioether (sulfide) groups is 1. The Hall–Kier alpha value is -1.28. The van der Waals surface area contributed by atoms with Gasteiger partial charge in [-0.3, -0.25) is 0 Å². The number of carboxylic acid groups (broad SMARTS) is 1. The lowest BCUT2D eigenvalue weighted by Crippen LogP contribution is -2.36. The average Bonchev–Trinajstić information content (AvgIpc) is 2.75. The van der Waals surface area contributed by atoms with Crippen LogP contribution in [0, 0.1) is 0 Å². The fourth-order valence-corrected chi connectivity index (χ4v) is 1.99. The number of aromatic nitrogens is 1. The molecule has 8 heteroatoms. The molecule has 0 aromatic carbocycles. The first-order chi connectivity index (χ1) is 8.13. The molecule has 17 heavy (non-hydrogen) atoms. The Kier molecular flexibility index (Phi) is 5.78. The van der Waals surface area contributed by atoms with Crippen molar-refractivity contribution in [2.45, 2.75) is 6.54 Å². The molecule has 1 rings (SSSR count). The van der Waals surface area contributed by atoms with Crippen LogP contribution in [0.4, 0.5) is 4.79 Å². The maximum atomic E-state index is 11.3. The number of nitrogens with zero attached hydrogens (tertiary/aromatic N) is 1. The molecule has 1 heterocycles. The maximum Gasteiger partial charge on any atom is 0.355 e. The third-order valence-electron chi connectivity index (χ3n) is 1.76. The molecule has 0 radical (unpaired) electrons. The Balaban J connectivity index is 2.29. The molecule has 0 aliphatic carbocycles. The van der Waals surface area contributed by atoms with E-state index in [0.717, 1.165) is 5.75 Å². The first-order valence-corrected chi connectivity index (χ1v) is 7.09. The lowest BCUT2D eigenvalue weighted by atomic mass is 10.5. The van der Waals surface area contributed by atoms with E-state index in [9.17, 15) is 9.59 Å².